The second-order valence-electron chi connectivity index (χ2n) is 3.44. The Morgan fingerprint density at radius 1 is 1.00 bits per heavy atom. The number of benzene rings is 2. The molecule has 0 aliphatic heterocycles. The van der Waals surface area contributed by atoms with E-state index in [1.807, 2.05) is 0 Å². The van der Waals surface area contributed by atoms with Crippen LogP contribution in [0.15, 0.2) is 42.5 Å². The van der Waals surface area contributed by atoms with Gasteiger partial charge < -0.3 is 0 Å². The van der Waals surface area contributed by atoms with E-state index in [2.05, 4.69) is 0 Å². The van der Waals surface area contributed by atoms with Gasteiger partial charge in [-0.1, -0.05) is 41.4 Å². The predicted octanol–water partition coefficient (Wildman–Crippen LogP) is 4.36. The number of halogens is 3. The molecule has 0 radical (unpaired) electrons. The standard InChI is InChI=1S/C13H7Cl2FO/c14-10-5-2-6-11(15)12(10)13(17)8-3-1-4-9(16)7-8/h1-7H. The van der Waals surface area contributed by atoms with Crippen LogP contribution in [0.25, 0.3) is 0 Å². The van der Waals surface area contributed by atoms with Gasteiger partial charge in [-0.05, 0) is 24.3 Å². The Morgan fingerprint density at radius 3 is 2.18 bits per heavy atom. The van der Waals surface area contributed by atoms with E-state index < -0.39 is 5.82 Å². The lowest BCUT2D eigenvalue weighted by molar-refractivity contribution is 0.103. The van der Waals surface area contributed by atoms with Gasteiger partial charge in [0.2, 0.25) is 0 Å². The fourth-order valence-electron chi connectivity index (χ4n) is 1.49. The molecule has 17 heavy (non-hydrogen) atoms. The van der Waals surface area contributed by atoms with E-state index in [1.165, 1.54) is 18.2 Å². The normalized spacial score (nSPS) is 10.3. The molecule has 0 unspecified atom stereocenters. The molecule has 2 aromatic rings. The van der Waals surface area contributed by atoms with E-state index in [0.717, 1.165) is 6.07 Å². The van der Waals surface area contributed by atoms with Gasteiger partial charge in [0.05, 0.1) is 15.6 Å². The highest BCUT2D eigenvalue weighted by Gasteiger charge is 2.16. The van der Waals surface area contributed by atoms with Crippen LogP contribution in [0.5, 0.6) is 0 Å². The van der Waals surface area contributed by atoms with Crippen molar-refractivity contribution in [2.24, 2.45) is 0 Å². The second-order valence-corrected chi connectivity index (χ2v) is 4.25. The van der Waals surface area contributed by atoms with E-state index in [4.69, 9.17) is 23.2 Å². The van der Waals surface area contributed by atoms with Crippen LogP contribution in [-0.2, 0) is 0 Å². The largest absolute Gasteiger partial charge is 0.288 e. The van der Waals surface area contributed by atoms with Gasteiger partial charge in [0.25, 0.3) is 0 Å². The Kier molecular flexibility index (Phi) is 3.46. The van der Waals surface area contributed by atoms with Crippen LogP contribution in [0.2, 0.25) is 10.0 Å². The average molecular weight is 269 g/mol. The van der Waals surface area contributed by atoms with E-state index in [1.54, 1.807) is 18.2 Å². The Hall–Kier alpha value is -1.38. The quantitative estimate of drug-likeness (QED) is 0.740. The van der Waals surface area contributed by atoms with Gasteiger partial charge >= 0.3 is 0 Å². The van der Waals surface area contributed by atoms with Gasteiger partial charge in [-0.3, -0.25) is 4.79 Å². The summed E-state index contributed by atoms with van der Waals surface area (Å²) in [6.45, 7) is 0. The van der Waals surface area contributed by atoms with Crippen molar-refractivity contribution in [3.63, 3.8) is 0 Å². The van der Waals surface area contributed by atoms with Crippen LogP contribution in [0.1, 0.15) is 15.9 Å². The SMILES string of the molecule is O=C(c1cccc(F)c1)c1c(Cl)cccc1Cl. The third-order valence-corrected chi connectivity index (χ3v) is 2.91. The van der Waals surface area contributed by atoms with Crippen LogP contribution in [0.3, 0.4) is 0 Å². The topological polar surface area (TPSA) is 17.1 Å². The first-order chi connectivity index (χ1) is 8.09. The summed E-state index contributed by atoms with van der Waals surface area (Å²) in [5.41, 5.74) is 0.418. The molecule has 0 aliphatic rings. The monoisotopic (exact) mass is 268 g/mol. The van der Waals surface area contributed by atoms with Crippen LogP contribution >= 0.6 is 23.2 Å². The number of hydrogen-bond acceptors (Lipinski definition) is 1. The lowest BCUT2D eigenvalue weighted by Gasteiger charge is -2.05. The van der Waals surface area contributed by atoms with Crippen molar-refractivity contribution in [3.8, 4) is 0 Å². The molecule has 86 valence electrons. The molecular formula is C13H7Cl2FO. The first-order valence-corrected chi connectivity index (χ1v) is 5.59. The number of ketones is 1. The highest BCUT2D eigenvalue weighted by atomic mass is 35.5. The lowest BCUT2D eigenvalue weighted by Crippen LogP contribution is -2.03. The molecule has 2 rings (SSSR count). The first kappa shape index (κ1) is 12.1. The summed E-state index contributed by atoms with van der Waals surface area (Å²) < 4.78 is 13.0. The zero-order valence-electron chi connectivity index (χ0n) is 8.58. The Balaban J connectivity index is 2.51. The minimum absolute atomic E-state index is 0.196. The molecule has 0 fully saturated rings. The van der Waals surface area contributed by atoms with Gasteiger partial charge in [0, 0.05) is 5.56 Å². The smallest absolute Gasteiger partial charge is 0.196 e. The third kappa shape index (κ3) is 2.48. The minimum atomic E-state index is -0.473. The molecule has 0 saturated carbocycles. The van der Waals surface area contributed by atoms with Gasteiger partial charge in [0.15, 0.2) is 5.78 Å². The molecule has 0 N–H and O–H groups in total. The van der Waals surface area contributed by atoms with Gasteiger partial charge in [0.1, 0.15) is 5.82 Å². The van der Waals surface area contributed by atoms with Crippen molar-refractivity contribution in [3.05, 3.63) is 69.5 Å². The maximum absolute atomic E-state index is 13.0. The molecule has 0 heterocycles. The van der Waals surface area contributed by atoms with Crippen LogP contribution in [-0.4, -0.2) is 5.78 Å². The second kappa shape index (κ2) is 4.86. The molecule has 0 saturated heterocycles. The molecule has 2 aromatic carbocycles. The van der Waals surface area contributed by atoms with Crippen molar-refractivity contribution >= 4 is 29.0 Å². The predicted molar refractivity (Wildman–Crippen MR) is 66.3 cm³/mol. The van der Waals surface area contributed by atoms with E-state index in [0.29, 0.717) is 0 Å². The molecule has 4 heteroatoms. The number of hydrogen-bond donors (Lipinski definition) is 0. The van der Waals surface area contributed by atoms with Crippen molar-refractivity contribution in [1.29, 1.82) is 0 Å². The number of rotatable bonds is 2. The fourth-order valence-corrected chi connectivity index (χ4v) is 2.06. The average Bonchev–Trinajstić information content (AvgIpc) is 2.28. The highest BCUT2D eigenvalue weighted by molar-refractivity contribution is 6.41. The molecule has 0 atom stereocenters. The summed E-state index contributed by atoms with van der Waals surface area (Å²) >= 11 is 11.8. The zero-order chi connectivity index (χ0) is 12.4. The van der Waals surface area contributed by atoms with E-state index >= 15 is 0 Å². The highest BCUT2D eigenvalue weighted by Crippen LogP contribution is 2.26. The molecule has 0 spiro atoms. The summed E-state index contributed by atoms with van der Waals surface area (Å²) in [6.07, 6.45) is 0. The van der Waals surface area contributed by atoms with Gasteiger partial charge in [-0.15, -0.1) is 0 Å². The van der Waals surface area contributed by atoms with Crippen LogP contribution in [0, 0.1) is 5.82 Å². The Morgan fingerprint density at radius 2 is 1.59 bits per heavy atom. The van der Waals surface area contributed by atoms with Crippen molar-refractivity contribution in [2.45, 2.75) is 0 Å². The van der Waals surface area contributed by atoms with Crippen LogP contribution in [0.4, 0.5) is 4.39 Å². The van der Waals surface area contributed by atoms with Crippen molar-refractivity contribution in [2.75, 3.05) is 0 Å². The molecule has 0 bridgehead atoms. The first-order valence-electron chi connectivity index (χ1n) is 4.84. The number of carbonyl (C=O) groups is 1. The molecule has 0 amide bonds. The van der Waals surface area contributed by atoms with Gasteiger partial charge in [-0.2, -0.15) is 0 Å². The summed E-state index contributed by atoms with van der Waals surface area (Å²) in [5.74, 6) is -0.862. The number of carbonyl (C=O) groups excluding carboxylic acids is 1. The van der Waals surface area contributed by atoms with Crippen molar-refractivity contribution in [1.82, 2.24) is 0 Å². The molecule has 0 aliphatic carbocycles. The maximum atomic E-state index is 13.0. The van der Waals surface area contributed by atoms with Crippen molar-refractivity contribution < 1.29 is 9.18 Å². The van der Waals surface area contributed by atoms with E-state index in [9.17, 15) is 9.18 Å². The van der Waals surface area contributed by atoms with Gasteiger partial charge in [-0.25, -0.2) is 4.39 Å². The summed E-state index contributed by atoms with van der Waals surface area (Å²) in [7, 11) is 0. The molecule has 1 nitrogen and oxygen atoms in total. The molecule has 0 aromatic heterocycles. The summed E-state index contributed by atoms with van der Waals surface area (Å²) in [4.78, 5) is 12.1. The lowest BCUT2D eigenvalue weighted by atomic mass is 10.0. The maximum Gasteiger partial charge on any atom is 0.196 e. The fraction of sp³-hybridized carbons (Fsp3) is 0. The summed E-state index contributed by atoms with van der Waals surface area (Å²) in [6, 6.07) is 10.2. The zero-order valence-corrected chi connectivity index (χ0v) is 10.1. The van der Waals surface area contributed by atoms with Crippen LogP contribution < -0.4 is 0 Å². The Labute approximate surface area is 108 Å². The van der Waals surface area contributed by atoms with E-state index in [-0.39, 0.29) is 27.0 Å². The molecular weight excluding hydrogens is 262 g/mol. The third-order valence-electron chi connectivity index (χ3n) is 2.28. The Bertz CT molecular complexity index is 561. The summed E-state index contributed by atoms with van der Waals surface area (Å²) in [5, 5.41) is 0.513. The minimum Gasteiger partial charge on any atom is -0.288 e.